The predicted octanol–water partition coefficient (Wildman–Crippen LogP) is 4.14. The second-order valence-corrected chi connectivity index (χ2v) is 17.2. The van der Waals surface area contributed by atoms with Gasteiger partial charge in [0.15, 0.2) is 0 Å². The number of alkyl halides is 3. The van der Waals surface area contributed by atoms with Crippen LogP contribution in [0.15, 0.2) is 0 Å². The average Bonchev–Trinajstić information content (AvgIpc) is 2.11. The first-order valence-electron chi connectivity index (χ1n) is 5.88. The van der Waals surface area contributed by atoms with Gasteiger partial charge in [-0.25, -0.2) is 4.79 Å². The summed E-state index contributed by atoms with van der Waals surface area (Å²) in [5, 5.41) is 0. The van der Waals surface area contributed by atoms with E-state index in [0.717, 1.165) is 12.8 Å². The Morgan fingerprint density at radius 1 is 1.17 bits per heavy atom. The summed E-state index contributed by atoms with van der Waals surface area (Å²) in [6.07, 6.45) is 1.79. The number of carbonyl (C=O) groups excluding carboxylic acids is 1. The molecule has 106 valence electrons. The van der Waals surface area contributed by atoms with E-state index >= 15 is 0 Å². The molecular formula is C12H20I3NO2. The van der Waals surface area contributed by atoms with Gasteiger partial charge in [-0.05, 0) is 103 Å². The van der Waals surface area contributed by atoms with Gasteiger partial charge in [-0.1, -0.05) is 0 Å². The summed E-state index contributed by atoms with van der Waals surface area (Å²) >= 11 is 6.33. The van der Waals surface area contributed by atoms with Crippen molar-refractivity contribution in [3.05, 3.63) is 0 Å². The molecule has 0 saturated carbocycles. The van der Waals surface area contributed by atoms with Crippen LogP contribution in [0, 0.1) is 0 Å². The first kappa shape index (κ1) is 17.7. The first-order valence-corrected chi connectivity index (χ1v) is 9.12. The number of piperidine rings is 1. The smallest absolute Gasteiger partial charge is 0.342 e. The van der Waals surface area contributed by atoms with Crippen molar-refractivity contribution in [2.45, 2.75) is 57.2 Å². The zero-order chi connectivity index (χ0) is 14.4. The van der Waals surface area contributed by atoms with Crippen molar-refractivity contribution < 1.29 is 9.53 Å². The fraction of sp³-hybridized carbons (Fsp3) is 0.917. The Hall–Kier alpha value is 1.62. The fourth-order valence-electron chi connectivity index (χ4n) is 2.58. The van der Waals surface area contributed by atoms with Crippen molar-refractivity contribution in [3.8, 4) is 0 Å². The number of ether oxygens (including phenoxy) is 1. The van der Waals surface area contributed by atoms with Gasteiger partial charge in [0.2, 0.25) is -0.565 Å². The predicted molar refractivity (Wildman–Crippen MR) is 99.8 cm³/mol. The topological polar surface area (TPSA) is 29.5 Å². The van der Waals surface area contributed by atoms with E-state index in [9.17, 15) is 4.79 Å². The van der Waals surface area contributed by atoms with Crippen LogP contribution in [0.4, 0.5) is 0 Å². The molecular weight excluding hydrogens is 571 g/mol. The molecule has 0 aromatic rings. The zero-order valence-corrected chi connectivity index (χ0v) is 17.9. The van der Waals surface area contributed by atoms with Crippen LogP contribution in [0.2, 0.25) is 0 Å². The minimum Gasteiger partial charge on any atom is -0.460 e. The summed E-state index contributed by atoms with van der Waals surface area (Å²) in [4.78, 5) is 14.4. The SMILES string of the molecule is CN1C(C)(C)CC(OC(=O)C(I)(I)I)CC1(C)C. The van der Waals surface area contributed by atoms with Gasteiger partial charge in [0.05, 0.1) is 0 Å². The first-order chi connectivity index (χ1) is 7.86. The highest BCUT2D eigenvalue weighted by atomic mass is 127. The van der Waals surface area contributed by atoms with Crippen molar-refractivity contribution in [2.24, 2.45) is 0 Å². The molecule has 0 N–H and O–H groups in total. The monoisotopic (exact) mass is 591 g/mol. The van der Waals surface area contributed by atoms with Crippen LogP contribution in [0.5, 0.6) is 0 Å². The third kappa shape index (κ3) is 4.31. The maximum absolute atomic E-state index is 12.0. The Balaban J connectivity index is 2.79. The Morgan fingerprint density at radius 2 is 1.56 bits per heavy atom. The lowest BCUT2D eigenvalue weighted by Crippen LogP contribution is -2.60. The van der Waals surface area contributed by atoms with E-state index in [0.29, 0.717) is 0 Å². The number of esters is 1. The molecule has 6 heteroatoms. The van der Waals surface area contributed by atoms with Gasteiger partial charge in [0, 0.05) is 23.9 Å². The molecule has 1 rings (SSSR count). The molecule has 0 unspecified atom stereocenters. The number of hydrogen-bond acceptors (Lipinski definition) is 3. The maximum Gasteiger partial charge on any atom is 0.342 e. The maximum atomic E-state index is 12.0. The molecule has 1 saturated heterocycles. The highest BCUT2D eigenvalue weighted by Gasteiger charge is 2.45. The van der Waals surface area contributed by atoms with Crippen LogP contribution >= 0.6 is 67.8 Å². The minimum absolute atomic E-state index is 0.0115. The van der Waals surface area contributed by atoms with Crippen LogP contribution in [-0.2, 0) is 9.53 Å². The lowest BCUT2D eigenvalue weighted by Gasteiger charge is -2.53. The van der Waals surface area contributed by atoms with Gasteiger partial charge in [-0.2, -0.15) is 0 Å². The lowest BCUT2D eigenvalue weighted by atomic mass is 9.79. The number of likely N-dealkylation sites (tertiary alicyclic amines) is 1. The quantitative estimate of drug-likeness (QED) is 0.275. The molecule has 3 nitrogen and oxygen atoms in total. The molecule has 0 amide bonds. The third-order valence-electron chi connectivity index (χ3n) is 3.78. The zero-order valence-electron chi connectivity index (χ0n) is 11.4. The minimum atomic E-state index is -0.509. The van der Waals surface area contributed by atoms with E-state index in [2.05, 4.69) is 107 Å². The van der Waals surface area contributed by atoms with E-state index in [4.69, 9.17) is 4.74 Å². The molecule has 0 radical (unpaired) electrons. The highest BCUT2D eigenvalue weighted by Crippen LogP contribution is 2.41. The summed E-state index contributed by atoms with van der Waals surface area (Å²) < 4.78 is 5.18. The molecule has 1 fully saturated rings. The third-order valence-corrected chi connectivity index (χ3v) is 5.10. The van der Waals surface area contributed by atoms with E-state index in [-0.39, 0.29) is 23.2 Å². The molecule has 0 atom stereocenters. The molecule has 1 heterocycles. The number of hydrogen-bond donors (Lipinski definition) is 0. The van der Waals surface area contributed by atoms with Crippen LogP contribution in [0.3, 0.4) is 0 Å². The fourth-order valence-corrected chi connectivity index (χ4v) is 2.96. The Kier molecular flexibility index (Phi) is 5.68. The van der Waals surface area contributed by atoms with Gasteiger partial charge in [0.25, 0.3) is 0 Å². The molecule has 0 aliphatic carbocycles. The van der Waals surface area contributed by atoms with Crippen LogP contribution in [0.25, 0.3) is 0 Å². The molecule has 0 aromatic carbocycles. The lowest BCUT2D eigenvalue weighted by molar-refractivity contribution is -0.156. The molecule has 0 aromatic heterocycles. The second kappa shape index (κ2) is 5.78. The standard InChI is InChI=1S/C12H20I3NO2/c1-10(2)6-8(7-11(3,4)16(10)5)18-9(17)12(13,14)15/h8H,6-7H2,1-5H3. The van der Waals surface area contributed by atoms with E-state index < -0.39 is -0.565 Å². The Bertz CT molecular complexity index is 319. The summed E-state index contributed by atoms with van der Waals surface area (Å²) in [5.74, 6) is -0.134. The second-order valence-electron chi connectivity index (χ2n) is 6.12. The number of carbonyl (C=O) groups is 1. The van der Waals surface area contributed by atoms with Crippen LogP contribution < -0.4 is 0 Å². The van der Waals surface area contributed by atoms with E-state index in [1.54, 1.807) is 0 Å². The Morgan fingerprint density at radius 3 is 1.89 bits per heavy atom. The van der Waals surface area contributed by atoms with Gasteiger partial charge in [-0.3, -0.25) is 4.90 Å². The molecule has 1 aliphatic heterocycles. The summed E-state index contributed by atoms with van der Waals surface area (Å²) in [7, 11) is 2.15. The average molecular weight is 591 g/mol. The largest absolute Gasteiger partial charge is 0.460 e. The Labute approximate surface area is 151 Å². The van der Waals surface area contributed by atoms with Crippen molar-refractivity contribution in [2.75, 3.05) is 7.05 Å². The normalized spacial score (nSPS) is 24.9. The van der Waals surface area contributed by atoms with Crippen molar-refractivity contribution in [3.63, 3.8) is 0 Å². The highest BCUT2D eigenvalue weighted by molar-refractivity contribution is 14.3. The summed E-state index contributed by atoms with van der Waals surface area (Å²) in [5.41, 5.74) is 0.106. The summed E-state index contributed by atoms with van der Waals surface area (Å²) in [6, 6.07) is 0. The van der Waals surface area contributed by atoms with Gasteiger partial charge in [-0.15, -0.1) is 0 Å². The number of rotatable bonds is 2. The molecule has 0 spiro atoms. The molecule has 1 aliphatic rings. The molecule has 18 heavy (non-hydrogen) atoms. The van der Waals surface area contributed by atoms with Crippen LogP contribution in [-0.4, -0.2) is 34.5 Å². The van der Waals surface area contributed by atoms with E-state index in [1.165, 1.54) is 0 Å². The van der Waals surface area contributed by atoms with Crippen molar-refractivity contribution in [1.29, 1.82) is 0 Å². The van der Waals surface area contributed by atoms with Gasteiger partial charge < -0.3 is 4.74 Å². The van der Waals surface area contributed by atoms with Crippen LogP contribution in [0.1, 0.15) is 40.5 Å². The summed E-state index contributed by atoms with van der Waals surface area (Å²) in [6.45, 7) is 8.83. The van der Waals surface area contributed by atoms with Crippen molar-refractivity contribution >= 4 is 73.7 Å². The van der Waals surface area contributed by atoms with Gasteiger partial charge in [0.1, 0.15) is 6.10 Å². The number of nitrogens with zero attached hydrogens (tertiary/aromatic N) is 1. The van der Waals surface area contributed by atoms with Gasteiger partial charge >= 0.3 is 5.97 Å². The molecule has 0 bridgehead atoms. The van der Waals surface area contributed by atoms with Crippen molar-refractivity contribution in [1.82, 2.24) is 4.90 Å². The van der Waals surface area contributed by atoms with E-state index in [1.807, 2.05) is 0 Å². The number of halogens is 3.